The molecule has 1 aliphatic heterocycles. The number of nitrogens with one attached hydrogen (secondary N) is 1. The Hall–Kier alpha value is -1.59. The number of rotatable bonds is 4. The maximum Gasteiger partial charge on any atom is 0.231 e. The molecule has 0 saturated carbocycles. The first-order valence-electron chi connectivity index (χ1n) is 6.15. The van der Waals surface area contributed by atoms with Gasteiger partial charge in [-0.2, -0.15) is 0 Å². The second-order valence-electron chi connectivity index (χ2n) is 4.38. The van der Waals surface area contributed by atoms with Gasteiger partial charge in [0, 0.05) is 18.7 Å². The minimum Gasteiger partial charge on any atom is -1.00 e. The lowest BCUT2D eigenvalue weighted by molar-refractivity contribution is -0.00000596. The van der Waals surface area contributed by atoms with E-state index >= 15 is 0 Å². The molecule has 20 heavy (non-hydrogen) atoms. The smallest absolute Gasteiger partial charge is 0.231 e. The predicted molar refractivity (Wildman–Crippen MR) is 69.5 cm³/mol. The summed E-state index contributed by atoms with van der Waals surface area (Å²) in [5.41, 5.74) is 1.75. The van der Waals surface area contributed by atoms with Crippen molar-refractivity contribution in [2.75, 3.05) is 6.79 Å². The lowest BCUT2D eigenvalue weighted by atomic mass is 10.2. The van der Waals surface area contributed by atoms with E-state index in [1.54, 1.807) is 12.1 Å². The Kier molecular flexibility index (Phi) is 4.98. The summed E-state index contributed by atoms with van der Waals surface area (Å²) in [5, 5.41) is 3.21. The first-order chi connectivity index (χ1) is 9.33. The van der Waals surface area contributed by atoms with Crippen molar-refractivity contribution in [3.63, 3.8) is 0 Å². The van der Waals surface area contributed by atoms with Gasteiger partial charge in [0.2, 0.25) is 6.79 Å². The number of ether oxygens (including phenoxy) is 2. The monoisotopic (exact) mass is 338 g/mol. The molecule has 0 bridgehead atoms. The third-order valence-electron chi connectivity index (χ3n) is 3.04. The number of fused-ring (bicyclic) bond motifs is 1. The molecular weight excluding hydrogens is 325 g/mol. The molecule has 1 heterocycles. The van der Waals surface area contributed by atoms with Crippen LogP contribution >= 0.6 is 0 Å². The number of halogens is 2. The van der Waals surface area contributed by atoms with Crippen LogP contribution in [0.25, 0.3) is 0 Å². The molecule has 3 nitrogen and oxygen atoms in total. The van der Waals surface area contributed by atoms with Crippen LogP contribution in [0.1, 0.15) is 11.1 Å². The zero-order valence-corrected chi connectivity index (χ0v) is 12.3. The van der Waals surface area contributed by atoms with Crippen LogP contribution < -0.4 is 31.8 Å². The van der Waals surface area contributed by atoms with Crippen LogP contribution in [0.2, 0.25) is 0 Å². The molecule has 5 heteroatoms. The molecular formula is C15H14BrFNO2-. The fourth-order valence-corrected chi connectivity index (χ4v) is 2.03. The predicted octanol–water partition coefficient (Wildman–Crippen LogP) is -0.152. The summed E-state index contributed by atoms with van der Waals surface area (Å²) in [7, 11) is 0. The molecule has 3 rings (SSSR count). The molecule has 0 aliphatic carbocycles. The molecule has 0 aromatic heterocycles. The van der Waals surface area contributed by atoms with Crippen LogP contribution in [0.3, 0.4) is 0 Å². The number of hydrogen-bond acceptors (Lipinski definition) is 3. The van der Waals surface area contributed by atoms with Crippen molar-refractivity contribution in [3.05, 3.63) is 59.4 Å². The molecule has 2 aromatic rings. The molecule has 106 valence electrons. The van der Waals surface area contributed by atoms with Gasteiger partial charge in [-0.3, -0.25) is 0 Å². The molecule has 1 aliphatic rings. The molecule has 0 spiro atoms. The average molecular weight is 339 g/mol. The topological polar surface area (TPSA) is 30.5 Å². The van der Waals surface area contributed by atoms with Gasteiger partial charge in [-0.1, -0.05) is 24.3 Å². The normalized spacial score (nSPS) is 12.1. The molecule has 0 fully saturated rings. The molecule has 0 atom stereocenters. The zero-order chi connectivity index (χ0) is 13.1. The van der Waals surface area contributed by atoms with E-state index in [9.17, 15) is 4.39 Å². The van der Waals surface area contributed by atoms with Crippen molar-refractivity contribution >= 4 is 0 Å². The summed E-state index contributed by atoms with van der Waals surface area (Å²) in [6.45, 7) is 1.44. The van der Waals surface area contributed by atoms with Crippen LogP contribution in [-0.4, -0.2) is 6.79 Å². The Morgan fingerprint density at radius 2 is 1.80 bits per heavy atom. The lowest BCUT2D eigenvalue weighted by Crippen LogP contribution is -3.00. The van der Waals surface area contributed by atoms with E-state index < -0.39 is 0 Å². The largest absolute Gasteiger partial charge is 1.00 e. The Morgan fingerprint density at radius 1 is 1.00 bits per heavy atom. The lowest BCUT2D eigenvalue weighted by Gasteiger charge is -2.06. The van der Waals surface area contributed by atoms with E-state index in [0.717, 1.165) is 17.1 Å². The van der Waals surface area contributed by atoms with Crippen LogP contribution in [-0.2, 0) is 13.1 Å². The first kappa shape index (κ1) is 14.8. The fourth-order valence-electron chi connectivity index (χ4n) is 2.03. The highest BCUT2D eigenvalue weighted by molar-refractivity contribution is 5.44. The molecule has 0 saturated heterocycles. The standard InChI is InChI=1S/C15H14FNO2.BrH/c16-13-4-2-1-3-12(13)9-17-8-11-5-6-14-15(7-11)19-10-18-14;/h1-7,17H,8-10H2;1H/p-1. The maximum atomic E-state index is 13.4. The molecule has 0 unspecified atom stereocenters. The molecule has 0 amide bonds. The Morgan fingerprint density at radius 3 is 2.65 bits per heavy atom. The van der Waals surface area contributed by atoms with Gasteiger partial charge < -0.3 is 31.8 Å². The van der Waals surface area contributed by atoms with Gasteiger partial charge in [-0.05, 0) is 23.8 Å². The maximum absolute atomic E-state index is 13.4. The van der Waals surface area contributed by atoms with Crippen molar-refractivity contribution in [2.45, 2.75) is 13.1 Å². The van der Waals surface area contributed by atoms with E-state index in [4.69, 9.17) is 9.47 Å². The third-order valence-corrected chi connectivity index (χ3v) is 3.04. The highest BCUT2D eigenvalue weighted by atomic mass is 79.9. The second-order valence-corrected chi connectivity index (χ2v) is 4.38. The fraction of sp³-hybridized carbons (Fsp3) is 0.200. The minimum absolute atomic E-state index is 0. The Balaban J connectivity index is 0.00000147. The van der Waals surface area contributed by atoms with Gasteiger partial charge in [-0.15, -0.1) is 0 Å². The number of benzene rings is 2. The van der Waals surface area contributed by atoms with Crippen LogP contribution in [0.5, 0.6) is 11.5 Å². The summed E-state index contributed by atoms with van der Waals surface area (Å²) in [6.07, 6.45) is 0. The molecule has 0 radical (unpaired) electrons. The van der Waals surface area contributed by atoms with Crippen molar-refractivity contribution in [1.82, 2.24) is 5.32 Å². The molecule has 1 N–H and O–H groups in total. The summed E-state index contributed by atoms with van der Waals surface area (Å²) >= 11 is 0. The van der Waals surface area contributed by atoms with Crippen molar-refractivity contribution in [3.8, 4) is 11.5 Å². The summed E-state index contributed by atoms with van der Waals surface area (Å²) in [5.74, 6) is 1.36. The SMILES string of the molecule is Fc1ccccc1CNCc1ccc2c(c1)OCO2.[Br-]. The average Bonchev–Trinajstić information content (AvgIpc) is 2.88. The second kappa shape index (κ2) is 6.72. The van der Waals surface area contributed by atoms with Crippen LogP contribution in [0.4, 0.5) is 4.39 Å². The van der Waals surface area contributed by atoms with Gasteiger partial charge in [0.25, 0.3) is 0 Å². The van der Waals surface area contributed by atoms with Crippen molar-refractivity contribution < 1.29 is 30.8 Å². The van der Waals surface area contributed by atoms with E-state index in [1.807, 2.05) is 24.3 Å². The molecule has 2 aromatic carbocycles. The summed E-state index contributed by atoms with van der Waals surface area (Å²) < 4.78 is 24.0. The van der Waals surface area contributed by atoms with E-state index in [-0.39, 0.29) is 29.6 Å². The quantitative estimate of drug-likeness (QED) is 0.841. The minimum atomic E-state index is -0.180. The van der Waals surface area contributed by atoms with Crippen molar-refractivity contribution in [1.29, 1.82) is 0 Å². The van der Waals surface area contributed by atoms with Crippen LogP contribution in [0.15, 0.2) is 42.5 Å². The Labute approximate surface area is 127 Å². The van der Waals surface area contributed by atoms with E-state index in [0.29, 0.717) is 18.7 Å². The van der Waals surface area contributed by atoms with Gasteiger partial charge in [-0.25, -0.2) is 4.39 Å². The third kappa shape index (κ3) is 3.29. The van der Waals surface area contributed by atoms with E-state index in [1.165, 1.54) is 6.07 Å². The van der Waals surface area contributed by atoms with Crippen LogP contribution in [0, 0.1) is 5.82 Å². The highest BCUT2D eigenvalue weighted by Crippen LogP contribution is 2.32. The van der Waals surface area contributed by atoms with Gasteiger partial charge in [0.1, 0.15) is 5.82 Å². The van der Waals surface area contributed by atoms with Gasteiger partial charge in [0.15, 0.2) is 11.5 Å². The van der Waals surface area contributed by atoms with E-state index in [2.05, 4.69) is 5.32 Å². The summed E-state index contributed by atoms with van der Waals surface area (Å²) in [4.78, 5) is 0. The van der Waals surface area contributed by atoms with Crippen molar-refractivity contribution in [2.24, 2.45) is 0 Å². The van der Waals surface area contributed by atoms with Gasteiger partial charge >= 0.3 is 0 Å². The summed E-state index contributed by atoms with van der Waals surface area (Å²) in [6, 6.07) is 12.6. The number of hydrogen-bond donors (Lipinski definition) is 1. The first-order valence-corrected chi connectivity index (χ1v) is 6.15. The Bertz CT molecular complexity index is 592. The highest BCUT2D eigenvalue weighted by Gasteiger charge is 2.12. The zero-order valence-electron chi connectivity index (χ0n) is 10.7. The van der Waals surface area contributed by atoms with Gasteiger partial charge in [0.05, 0.1) is 0 Å².